The average Bonchev–Trinajstić information content (AvgIpc) is 3.25. The van der Waals surface area contributed by atoms with Crippen molar-refractivity contribution < 1.29 is 19.4 Å². The SMILES string of the molecule is CCCCCC/C=C\CCCCCCCC(=O)OCC(CO)OCn1cnc2c(=O)[nH]c(N)nc21. The zero-order valence-electron chi connectivity index (χ0n) is 20.9. The van der Waals surface area contributed by atoms with Crippen molar-refractivity contribution in [1.82, 2.24) is 19.5 Å². The van der Waals surface area contributed by atoms with E-state index >= 15 is 0 Å². The van der Waals surface area contributed by atoms with Crippen LogP contribution in [0.5, 0.6) is 0 Å². The van der Waals surface area contributed by atoms with Crippen LogP contribution in [-0.2, 0) is 21.0 Å². The molecule has 1 unspecified atom stereocenters. The number of hydrogen-bond donors (Lipinski definition) is 3. The van der Waals surface area contributed by atoms with Crippen molar-refractivity contribution in [3.8, 4) is 0 Å². The van der Waals surface area contributed by atoms with Crippen LogP contribution < -0.4 is 11.3 Å². The molecule has 0 saturated heterocycles. The highest BCUT2D eigenvalue weighted by Gasteiger charge is 2.14. The lowest BCUT2D eigenvalue weighted by Gasteiger charge is -2.16. The number of imidazole rings is 1. The first-order chi connectivity index (χ1) is 17.0. The number of nitrogen functional groups attached to an aromatic ring is 1. The molecule has 0 radical (unpaired) electrons. The molecule has 0 aliphatic carbocycles. The summed E-state index contributed by atoms with van der Waals surface area (Å²) < 4.78 is 12.3. The normalized spacial score (nSPS) is 12.5. The van der Waals surface area contributed by atoms with E-state index < -0.39 is 11.7 Å². The fourth-order valence-electron chi connectivity index (χ4n) is 3.65. The van der Waals surface area contributed by atoms with Crippen molar-refractivity contribution in [3.05, 3.63) is 28.8 Å². The van der Waals surface area contributed by atoms with E-state index in [1.165, 1.54) is 55.8 Å². The number of carbonyl (C=O) groups is 1. The largest absolute Gasteiger partial charge is 0.463 e. The highest BCUT2D eigenvalue weighted by atomic mass is 16.6. The average molecular weight is 492 g/mol. The van der Waals surface area contributed by atoms with Crippen molar-refractivity contribution in [1.29, 1.82) is 0 Å². The lowest BCUT2D eigenvalue weighted by molar-refractivity contribution is -0.150. The molecular weight excluding hydrogens is 450 g/mol. The standard InChI is InChI=1S/C25H41N5O5/c1-2-3-4-5-6-7-8-9-10-11-12-13-14-15-21(32)34-17-20(16-31)35-19-30-18-27-22-23(30)28-25(26)29-24(22)33/h7-8,18,20,31H,2-6,9-17,19H2,1H3,(H3,26,28,29,33)/b8-7-. The van der Waals surface area contributed by atoms with Gasteiger partial charge in [-0.25, -0.2) is 4.98 Å². The number of aromatic nitrogens is 4. The van der Waals surface area contributed by atoms with Gasteiger partial charge in [0.25, 0.3) is 5.56 Å². The second kappa shape index (κ2) is 16.8. The van der Waals surface area contributed by atoms with E-state index in [0.717, 1.165) is 25.7 Å². The molecule has 35 heavy (non-hydrogen) atoms. The highest BCUT2D eigenvalue weighted by molar-refractivity contribution is 5.70. The molecule has 0 fully saturated rings. The van der Waals surface area contributed by atoms with Crippen LogP contribution in [0.3, 0.4) is 0 Å². The molecule has 0 amide bonds. The van der Waals surface area contributed by atoms with Crippen LogP contribution in [0, 0.1) is 0 Å². The molecule has 2 rings (SSSR count). The van der Waals surface area contributed by atoms with Gasteiger partial charge in [-0.1, -0.05) is 57.6 Å². The summed E-state index contributed by atoms with van der Waals surface area (Å²) in [5.41, 5.74) is 5.55. The molecule has 0 bridgehead atoms. The maximum atomic E-state index is 12.0. The first-order valence-electron chi connectivity index (χ1n) is 12.8. The van der Waals surface area contributed by atoms with E-state index in [2.05, 4.69) is 34.0 Å². The number of esters is 1. The van der Waals surface area contributed by atoms with E-state index in [-0.39, 0.29) is 43.0 Å². The number of ether oxygens (including phenoxy) is 2. The second-order valence-electron chi connectivity index (χ2n) is 8.75. The number of allylic oxidation sites excluding steroid dienone is 2. The van der Waals surface area contributed by atoms with Gasteiger partial charge in [0.1, 0.15) is 19.4 Å². The molecule has 196 valence electrons. The Morgan fingerprint density at radius 3 is 2.54 bits per heavy atom. The van der Waals surface area contributed by atoms with Crippen LogP contribution in [0.4, 0.5) is 5.95 Å². The van der Waals surface area contributed by atoms with Gasteiger partial charge in [0.15, 0.2) is 11.2 Å². The quantitative estimate of drug-likeness (QED) is 0.153. The van der Waals surface area contributed by atoms with Crippen LogP contribution in [-0.4, -0.2) is 49.9 Å². The third kappa shape index (κ3) is 11.0. The summed E-state index contributed by atoms with van der Waals surface area (Å²) in [5.74, 6) is -0.325. The summed E-state index contributed by atoms with van der Waals surface area (Å²) in [6.45, 7) is 1.84. The van der Waals surface area contributed by atoms with Gasteiger partial charge in [-0.2, -0.15) is 4.98 Å². The van der Waals surface area contributed by atoms with Gasteiger partial charge in [-0.3, -0.25) is 19.1 Å². The molecule has 10 heteroatoms. The fourth-order valence-corrected chi connectivity index (χ4v) is 3.65. The predicted molar refractivity (Wildman–Crippen MR) is 136 cm³/mol. The van der Waals surface area contributed by atoms with Gasteiger partial charge in [-0.15, -0.1) is 0 Å². The summed E-state index contributed by atoms with van der Waals surface area (Å²) in [7, 11) is 0. The van der Waals surface area contributed by atoms with Crippen molar-refractivity contribution in [2.45, 2.75) is 96.8 Å². The van der Waals surface area contributed by atoms with Crippen LogP contribution >= 0.6 is 0 Å². The van der Waals surface area contributed by atoms with Gasteiger partial charge >= 0.3 is 5.97 Å². The van der Waals surface area contributed by atoms with E-state index in [1.54, 1.807) is 0 Å². The molecule has 0 aromatic carbocycles. The molecule has 1 atom stereocenters. The van der Waals surface area contributed by atoms with Crippen LogP contribution in [0.2, 0.25) is 0 Å². The third-order valence-electron chi connectivity index (χ3n) is 5.72. The summed E-state index contributed by atoms with van der Waals surface area (Å²) in [5, 5.41) is 9.53. The number of fused-ring (bicyclic) bond motifs is 1. The number of aliphatic hydroxyl groups excluding tert-OH is 1. The number of carbonyl (C=O) groups excluding carboxylic acids is 1. The van der Waals surface area contributed by atoms with Gasteiger partial charge in [0, 0.05) is 6.42 Å². The Kier molecular flexibility index (Phi) is 13.7. The van der Waals surface area contributed by atoms with E-state index in [0.29, 0.717) is 6.42 Å². The van der Waals surface area contributed by atoms with E-state index in [9.17, 15) is 14.7 Å². The zero-order chi connectivity index (χ0) is 25.3. The Balaban J connectivity index is 1.53. The Hall–Kier alpha value is -2.72. The Morgan fingerprint density at radius 1 is 1.14 bits per heavy atom. The minimum Gasteiger partial charge on any atom is -0.463 e. The number of rotatable bonds is 19. The summed E-state index contributed by atoms with van der Waals surface area (Å²) in [4.78, 5) is 34.2. The molecule has 2 aromatic heterocycles. The molecule has 0 aliphatic rings. The molecule has 4 N–H and O–H groups in total. The number of aliphatic hydroxyl groups is 1. The Labute approximate surface area is 206 Å². The molecule has 2 heterocycles. The maximum Gasteiger partial charge on any atom is 0.305 e. The molecule has 0 spiro atoms. The van der Waals surface area contributed by atoms with Gasteiger partial charge in [0.05, 0.1) is 12.9 Å². The monoisotopic (exact) mass is 491 g/mol. The zero-order valence-corrected chi connectivity index (χ0v) is 20.9. The number of hydrogen-bond acceptors (Lipinski definition) is 8. The lowest BCUT2D eigenvalue weighted by atomic mass is 10.1. The van der Waals surface area contributed by atoms with Crippen LogP contribution in [0.1, 0.15) is 84.0 Å². The van der Waals surface area contributed by atoms with Crippen molar-refractivity contribution >= 4 is 23.1 Å². The number of nitrogens with zero attached hydrogens (tertiary/aromatic N) is 3. The van der Waals surface area contributed by atoms with Gasteiger partial charge < -0.3 is 20.3 Å². The number of unbranched alkanes of at least 4 members (excludes halogenated alkanes) is 9. The highest BCUT2D eigenvalue weighted by Crippen LogP contribution is 2.10. The first kappa shape index (κ1) is 28.5. The van der Waals surface area contributed by atoms with Crippen molar-refractivity contribution in [2.75, 3.05) is 18.9 Å². The van der Waals surface area contributed by atoms with Crippen molar-refractivity contribution in [2.24, 2.45) is 0 Å². The Morgan fingerprint density at radius 2 is 1.83 bits per heavy atom. The molecule has 0 saturated carbocycles. The van der Waals surface area contributed by atoms with Gasteiger partial charge in [0.2, 0.25) is 5.95 Å². The molecular formula is C25H41N5O5. The lowest BCUT2D eigenvalue weighted by Crippen LogP contribution is -2.26. The summed E-state index contributed by atoms with van der Waals surface area (Å²) >= 11 is 0. The number of anilines is 1. The maximum absolute atomic E-state index is 12.0. The van der Waals surface area contributed by atoms with Gasteiger partial charge in [-0.05, 0) is 32.1 Å². The topological polar surface area (TPSA) is 145 Å². The Bertz CT molecular complexity index is 955. The molecule has 2 aromatic rings. The molecule has 10 nitrogen and oxygen atoms in total. The van der Waals surface area contributed by atoms with Crippen molar-refractivity contribution in [3.63, 3.8) is 0 Å². The number of nitrogens with two attached hydrogens (primary N) is 1. The summed E-state index contributed by atoms with van der Waals surface area (Å²) in [6, 6.07) is 0. The first-order valence-corrected chi connectivity index (χ1v) is 12.8. The predicted octanol–water partition coefficient (Wildman–Crippen LogP) is 3.84. The van der Waals surface area contributed by atoms with Crippen LogP contribution in [0.25, 0.3) is 11.2 Å². The smallest absolute Gasteiger partial charge is 0.305 e. The second-order valence-corrected chi connectivity index (χ2v) is 8.75. The number of H-pyrrole nitrogens is 1. The third-order valence-corrected chi connectivity index (χ3v) is 5.72. The molecule has 0 aliphatic heterocycles. The van der Waals surface area contributed by atoms with Crippen LogP contribution in [0.15, 0.2) is 23.3 Å². The number of aromatic amines is 1. The van der Waals surface area contributed by atoms with E-state index in [4.69, 9.17) is 15.2 Å². The minimum absolute atomic E-state index is 0.0246. The fraction of sp³-hybridized carbons (Fsp3) is 0.680. The van der Waals surface area contributed by atoms with E-state index in [1.807, 2.05) is 0 Å². The minimum atomic E-state index is -0.699. The number of nitrogens with one attached hydrogen (secondary N) is 1. The summed E-state index contributed by atoms with van der Waals surface area (Å²) in [6.07, 6.45) is 18.5.